The number of amides is 2. The SMILES string of the molecule is CS(=O)(=O)N(CCCC(=O)N(Cc1cccc(Cl)c1)[C@H](Cc1ccccc1)C(=O)NC1CCCCC1)c1ccc2c(c1)OCCO2. The number of rotatable bonds is 13. The lowest BCUT2D eigenvalue weighted by atomic mass is 9.94. The Bertz CT molecular complexity index is 1600. The lowest BCUT2D eigenvalue weighted by Crippen LogP contribution is -2.52. The fourth-order valence-corrected chi connectivity index (χ4v) is 7.29. The molecule has 0 spiro atoms. The van der Waals surface area contributed by atoms with Crippen molar-refractivity contribution in [2.24, 2.45) is 0 Å². The number of hydrogen-bond acceptors (Lipinski definition) is 6. The molecule has 9 nitrogen and oxygen atoms in total. The molecule has 1 fully saturated rings. The average molecular weight is 668 g/mol. The van der Waals surface area contributed by atoms with Gasteiger partial charge in [-0.25, -0.2) is 8.42 Å². The second-order valence-electron chi connectivity index (χ2n) is 12.0. The molecule has 1 aliphatic carbocycles. The van der Waals surface area contributed by atoms with Crippen molar-refractivity contribution in [3.8, 4) is 11.5 Å². The van der Waals surface area contributed by atoms with Crippen LogP contribution >= 0.6 is 11.6 Å². The van der Waals surface area contributed by atoms with E-state index in [0.29, 0.717) is 41.8 Å². The van der Waals surface area contributed by atoms with Crippen molar-refractivity contribution in [3.05, 3.63) is 88.9 Å². The van der Waals surface area contributed by atoms with E-state index >= 15 is 0 Å². The molecule has 0 bridgehead atoms. The summed E-state index contributed by atoms with van der Waals surface area (Å²) in [6.45, 7) is 1.07. The number of nitrogens with zero attached hydrogens (tertiary/aromatic N) is 2. The third-order valence-electron chi connectivity index (χ3n) is 8.43. The van der Waals surface area contributed by atoms with E-state index in [0.717, 1.165) is 49.5 Å². The highest BCUT2D eigenvalue weighted by molar-refractivity contribution is 7.92. The molecule has 2 aliphatic rings. The van der Waals surface area contributed by atoms with Crippen molar-refractivity contribution < 1.29 is 27.5 Å². The molecule has 5 rings (SSSR count). The molecule has 0 radical (unpaired) electrons. The zero-order valence-corrected chi connectivity index (χ0v) is 27.8. The molecule has 2 amide bonds. The van der Waals surface area contributed by atoms with Crippen molar-refractivity contribution in [1.29, 1.82) is 0 Å². The Hall–Kier alpha value is -3.76. The molecule has 0 aromatic heterocycles. The van der Waals surface area contributed by atoms with Crippen LogP contribution in [0.1, 0.15) is 56.1 Å². The molecule has 1 aliphatic heterocycles. The van der Waals surface area contributed by atoms with E-state index in [4.69, 9.17) is 21.1 Å². The van der Waals surface area contributed by atoms with Crippen molar-refractivity contribution in [1.82, 2.24) is 10.2 Å². The molecular formula is C35H42ClN3O6S. The van der Waals surface area contributed by atoms with Crippen LogP contribution < -0.4 is 19.1 Å². The van der Waals surface area contributed by atoms with Gasteiger partial charge in [0.25, 0.3) is 0 Å². The summed E-state index contributed by atoms with van der Waals surface area (Å²) in [6.07, 6.45) is 6.92. The Morgan fingerprint density at radius 1 is 0.913 bits per heavy atom. The van der Waals surface area contributed by atoms with Gasteiger partial charge in [0.05, 0.1) is 11.9 Å². The second-order valence-corrected chi connectivity index (χ2v) is 14.3. The molecule has 246 valence electrons. The lowest BCUT2D eigenvalue weighted by Gasteiger charge is -2.34. The van der Waals surface area contributed by atoms with Gasteiger partial charge in [0.1, 0.15) is 19.3 Å². The van der Waals surface area contributed by atoms with Crippen LogP contribution in [0.5, 0.6) is 11.5 Å². The highest BCUT2D eigenvalue weighted by Gasteiger charge is 2.32. The Morgan fingerprint density at radius 2 is 1.63 bits per heavy atom. The van der Waals surface area contributed by atoms with Crippen molar-refractivity contribution in [2.45, 2.75) is 70.0 Å². The fourth-order valence-electron chi connectivity index (χ4n) is 6.12. The topological polar surface area (TPSA) is 105 Å². The van der Waals surface area contributed by atoms with Crippen LogP contribution in [0.3, 0.4) is 0 Å². The monoisotopic (exact) mass is 667 g/mol. The molecule has 3 aromatic rings. The van der Waals surface area contributed by atoms with E-state index < -0.39 is 16.1 Å². The largest absolute Gasteiger partial charge is 0.486 e. The first-order chi connectivity index (χ1) is 22.2. The predicted molar refractivity (Wildman–Crippen MR) is 180 cm³/mol. The average Bonchev–Trinajstić information content (AvgIpc) is 3.05. The fraction of sp³-hybridized carbons (Fsp3) is 0.429. The zero-order chi connectivity index (χ0) is 32.5. The summed E-state index contributed by atoms with van der Waals surface area (Å²) in [4.78, 5) is 29.8. The predicted octanol–water partition coefficient (Wildman–Crippen LogP) is 5.75. The maximum Gasteiger partial charge on any atom is 0.243 e. The van der Waals surface area contributed by atoms with E-state index in [1.54, 1.807) is 35.2 Å². The van der Waals surface area contributed by atoms with Gasteiger partial charge in [-0.3, -0.25) is 13.9 Å². The first kappa shape index (κ1) is 33.6. The van der Waals surface area contributed by atoms with Crippen LogP contribution in [0.25, 0.3) is 0 Å². The first-order valence-corrected chi connectivity index (χ1v) is 18.2. The van der Waals surface area contributed by atoms with Gasteiger partial charge in [0.15, 0.2) is 11.5 Å². The molecule has 0 saturated heterocycles. The highest BCUT2D eigenvalue weighted by Crippen LogP contribution is 2.35. The highest BCUT2D eigenvalue weighted by atomic mass is 35.5. The Morgan fingerprint density at radius 3 is 2.35 bits per heavy atom. The summed E-state index contributed by atoms with van der Waals surface area (Å²) < 4.78 is 38.3. The van der Waals surface area contributed by atoms with Gasteiger partial charge in [-0.05, 0) is 54.7 Å². The van der Waals surface area contributed by atoms with Crippen LogP contribution in [0, 0.1) is 0 Å². The normalized spacial score (nSPS) is 15.5. The van der Waals surface area contributed by atoms with E-state index in [2.05, 4.69) is 5.32 Å². The second kappa shape index (κ2) is 15.7. The van der Waals surface area contributed by atoms with E-state index in [-0.39, 0.29) is 43.8 Å². The number of sulfonamides is 1. The van der Waals surface area contributed by atoms with Gasteiger partial charge in [0.2, 0.25) is 21.8 Å². The van der Waals surface area contributed by atoms with Crippen LogP contribution in [0.15, 0.2) is 72.8 Å². The van der Waals surface area contributed by atoms with Gasteiger partial charge in [-0.2, -0.15) is 0 Å². The molecule has 1 atom stereocenters. The third kappa shape index (κ3) is 9.16. The number of halogens is 1. The van der Waals surface area contributed by atoms with Crippen LogP contribution in [0.2, 0.25) is 5.02 Å². The first-order valence-electron chi connectivity index (χ1n) is 15.9. The summed E-state index contributed by atoms with van der Waals surface area (Å²) in [6, 6.07) is 21.3. The number of benzene rings is 3. The number of ether oxygens (including phenoxy) is 2. The quantitative estimate of drug-likeness (QED) is 0.249. The standard InChI is InChI=1S/C35H42ClN3O6S/c1-46(42,43)39(30-17-18-32-33(24-30)45-21-20-44-32)19-9-16-34(40)38(25-27-12-8-13-28(36)22-27)31(23-26-10-4-2-5-11-26)35(41)37-29-14-6-3-7-15-29/h2,4-5,8,10-13,17-18,22,24,29,31H,3,6-7,9,14-16,19-21,23,25H2,1H3,(H,37,41)/t31-/m1/s1. The summed E-state index contributed by atoms with van der Waals surface area (Å²) in [5.41, 5.74) is 2.18. The molecule has 46 heavy (non-hydrogen) atoms. The Balaban J connectivity index is 1.38. The van der Waals surface area contributed by atoms with E-state index in [1.165, 1.54) is 4.31 Å². The number of carbonyl (C=O) groups is 2. The maximum atomic E-state index is 14.1. The third-order valence-corrected chi connectivity index (χ3v) is 9.86. The van der Waals surface area contributed by atoms with Gasteiger partial charge < -0.3 is 19.7 Å². The van der Waals surface area contributed by atoms with Gasteiger partial charge >= 0.3 is 0 Å². The van der Waals surface area contributed by atoms with E-state index in [9.17, 15) is 18.0 Å². The number of fused-ring (bicyclic) bond motifs is 1. The molecule has 1 saturated carbocycles. The van der Waals surface area contributed by atoms with E-state index in [1.807, 2.05) is 42.5 Å². The zero-order valence-electron chi connectivity index (χ0n) is 26.2. The lowest BCUT2D eigenvalue weighted by molar-refractivity contribution is -0.141. The van der Waals surface area contributed by atoms with Crippen molar-refractivity contribution >= 4 is 39.1 Å². The minimum absolute atomic E-state index is 0.0408. The minimum atomic E-state index is -3.67. The molecular weight excluding hydrogens is 626 g/mol. The maximum absolute atomic E-state index is 14.1. The summed E-state index contributed by atoms with van der Waals surface area (Å²) in [5.74, 6) is 0.621. The summed E-state index contributed by atoms with van der Waals surface area (Å²) >= 11 is 6.31. The Labute approximate surface area is 276 Å². The summed E-state index contributed by atoms with van der Waals surface area (Å²) in [5, 5.41) is 3.78. The number of nitrogens with one attached hydrogen (secondary N) is 1. The molecule has 0 unspecified atom stereocenters. The number of carbonyl (C=O) groups excluding carboxylic acids is 2. The van der Waals surface area contributed by atoms with Crippen molar-refractivity contribution in [2.75, 3.05) is 30.3 Å². The molecule has 1 heterocycles. The van der Waals surface area contributed by atoms with Gasteiger partial charge in [-0.15, -0.1) is 0 Å². The molecule has 11 heteroatoms. The van der Waals surface area contributed by atoms with Gasteiger partial charge in [-0.1, -0.05) is 73.3 Å². The summed E-state index contributed by atoms with van der Waals surface area (Å²) in [7, 11) is -3.67. The van der Waals surface area contributed by atoms with Crippen LogP contribution in [0.4, 0.5) is 5.69 Å². The minimum Gasteiger partial charge on any atom is -0.486 e. The van der Waals surface area contributed by atoms with Gasteiger partial charge in [0, 0.05) is 43.1 Å². The molecule has 1 N–H and O–H groups in total. The molecule has 3 aromatic carbocycles. The van der Waals surface area contributed by atoms with Crippen LogP contribution in [-0.2, 0) is 32.6 Å². The van der Waals surface area contributed by atoms with Crippen molar-refractivity contribution in [3.63, 3.8) is 0 Å². The Kier molecular flexibility index (Phi) is 11.5. The smallest absolute Gasteiger partial charge is 0.243 e. The number of anilines is 1. The number of hydrogen-bond donors (Lipinski definition) is 1. The van der Waals surface area contributed by atoms with Crippen LogP contribution in [-0.4, -0.2) is 63.2 Å².